The number of likely N-dealkylation sites (tertiary alicyclic amines) is 1. The van der Waals surface area contributed by atoms with E-state index in [1.807, 2.05) is 6.92 Å². The third-order valence-electron chi connectivity index (χ3n) is 3.30. The van der Waals surface area contributed by atoms with Gasteiger partial charge in [0.2, 0.25) is 0 Å². The molecular formula is C11H23NO3S. The third-order valence-corrected chi connectivity index (χ3v) is 5.09. The van der Waals surface area contributed by atoms with Crippen molar-refractivity contribution in [2.24, 2.45) is 0 Å². The van der Waals surface area contributed by atoms with Crippen LogP contribution in [0, 0.1) is 0 Å². The van der Waals surface area contributed by atoms with Gasteiger partial charge in [-0.15, -0.1) is 0 Å². The van der Waals surface area contributed by atoms with Crippen molar-refractivity contribution in [2.75, 3.05) is 31.1 Å². The summed E-state index contributed by atoms with van der Waals surface area (Å²) >= 11 is 0. The SMILES string of the molecule is CCS(=O)(=O)CCCN1CCC(C)(O)CC1. The molecule has 1 rings (SSSR count). The molecule has 0 spiro atoms. The highest BCUT2D eigenvalue weighted by atomic mass is 32.2. The van der Waals surface area contributed by atoms with Crippen LogP contribution in [0.2, 0.25) is 0 Å². The van der Waals surface area contributed by atoms with Crippen LogP contribution in [-0.4, -0.2) is 55.2 Å². The molecule has 1 heterocycles. The standard InChI is InChI=1S/C11H23NO3S/c1-3-16(14,15)10-4-7-12-8-5-11(2,13)6-9-12/h13H,3-10H2,1-2H3. The van der Waals surface area contributed by atoms with E-state index in [2.05, 4.69) is 4.90 Å². The highest BCUT2D eigenvalue weighted by Crippen LogP contribution is 2.20. The lowest BCUT2D eigenvalue weighted by atomic mass is 9.94. The Morgan fingerprint density at radius 1 is 1.31 bits per heavy atom. The van der Waals surface area contributed by atoms with Gasteiger partial charge in [-0.05, 0) is 32.7 Å². The molecule has 0 radical (unpaired) electrons. The van der Waals surface area contributed by atoms with Crippen molar-refractivity contribution in [3.8, 4) is 0 Å². The third kappa shape index (κ3) is 4.80. The molecule has 96 valence electrons. The first-order valence-corrected chi connectivity index (χ1v) is 7.82. The number of nitrogens with zero attached hydrogens (tertiary/aromatic N) is 1. The lowest BCUT2D eigenvalue weighted by molar-refractivity contribution is -0.00511. The molecule has 0 amide bonds. The predicted molar refractivity (Wildman–Crippen MR) is 65.2 cm³/mol. The molecular weight excluding hydrogens is 226 g/mol. The normalized spacial score (nSPS) is 22.2. The van der Waals surface area contributed by atoms with Crippen molar-refractivity contribution in [2.45, 2.75) is 38.7 Å². The van der Waals surface area contributed by atoms with Crippen LogP contribution in [0.1, 0.15) is 33.1 Å². The lowest BCUT2D eigenvalue weighted by Gasteiger charge is -2.35. The zero-order chi connectivity index (χ0) is 12.2. The first-order chi connectivity index (χ1) is 7.35. The smallest absolute Gasteiger partial charge is 0.150 e. The van der Waals surface area contributed by atoms with Crippen molar-refractivity contribution < 1.29 is 13.5 Å². The van der Waals surface area contributed by atoms with Crippen molar-refractivity contribution in [3.63, 3.8) is 0 Å². The summed E-state index contributed by atoms with van der Waals surface area (Å²) in [6.45, 7) is 6.13. The Morgan fingerprint density at radius 3 is 2.38 bits per heavy atom. The van der Waals surface area contributed by atoms with Crippen LogP contribution in [0.5, 0.6) is 0 Å². The summed E-state index contributed by atoms with van der Waals surface area (Å²) in [5.74, 6) is 0.526. The summed E-state index contributed by atoms with van der Waals surface area (Å²) < 4.78 is 22.6. The molecule has 0 aromatic rings. The number of hydrogen-bond acceptors (Lipinski definition) is 4. The van der Waals surface area contributed by atoms with Crippen molar-refractivity contribution >= 4 is 9.84 Å². The quantitative estimate of drug-likeness (QED) is 0.777. The zero-order valence-electron chi connectivity index (χ0n) is 10.3. The maximum Gasteiger partial charge on any atom is 0.150 e. The maximum absolute atomic E-state index is 11.3. The van der Waals surface area contributed by atoms with E-state index in [9.17, 15) is 13.5 Å². The van der Waals surface area contributed by atoms with Gasteiger partial charge < -0.3 is 10.0 Å². The van der Waals surface area contributed by atoms with Gasteiger partial charge in [-0.3, -0.25) is 0 Å². The van der Waals surface area contributed by atoms with Gasteiger partial charge in [-0.25, -0.2) is 8.42 Å². The summed E-state index contributed by atoms with van der Waals surface area (Å²) in [6, 6.07) is 0. The fraction of sp³-hybridized carbons (Fsp3) is 1.00. The number of piperidine rings is 1. The minimum absolute atomic E-state index is 0.238. The molecule has 0 unspecified atom stereocenters. The van der Waals surface area contributed by atoms with Gasteiger partial charge in [-0.1, -0.05) is 6.92 Å². The van der Waals surface area contributed by atoms with Gasteiger partial charge in [-0.2, -0.15) is 0 Å². The van der Waals surface area contributed by atoms with Crippen molar-refractivity contribution in [1.82, 2.24) is 4.90 Å². The highest BCUT2D eigenvalue weighted by molar-refractivity contribution is 7.91. The van der Waals surface area contributed by atoms with E-state index in [4.69, 9.17) is 0 Å². The zero-order valence-corrected chi connectivity index (χ0v) is 11.1. The molecule has 4 nitrogen and oxygen atoms in total. The Morgan fingerprint density at radius 2 is 1.88 bits per heavy atom. The Balaban J connectivity index is 2.21. The average Bonchev–Trinajstić information content (AvgIpc) is 2.20. The molecule has 1 fully saturated rings. The van der Waals surface area contributed by atoms with Crippen LogP contribution in [0.3, 0.4) is 0 Å². The van der Waals surface area contributed by atoms with E-state index in [1.165, 1.54) is 0 Å². The molecule has 1 aliphatic heterocycles. The highest BCUT2D eigenvalue weighted by Gasteiger charge is 2.26. The second-order valence-corrected chi connectivity index (χ2v) is 7.40. The Bertz CT molecular complexity index is 301. The van der Waals surface area contributed by atoms with E-state index < -0.39 is 15.4 Å². The van der Waals surface area contributed by atoms with E-state index in [0.29, 0.717) is 6.42 Å². The van der Waals surface area contributed by atoms with Gasteiger partial charge in [0.05, 0.1) is 11.4 Å². The van der Waals surface area contributed by atoms with Crippen LogP contribution in [0.15, 0.2) is 0 Å². The van der Waals surface area contributed by atoms with Gasteiger partial charge in [0.25, 0.3) is 0 Å². The molecule has 0 saturated carbocycles. The van der Waals surface area contributed by atoms with E-state index >= 15 is 0 Å². The first-order valence-electron chi connectivity index (χ1n) is 6.00. The van der Waals surface area contributed by atoms with E-state index in [-0.39, 0.29) is 11.5 Å². The van der Waals surface area contributed by atoms with Crippen molar-refractivity contribution in [1.29, 1.82) is 0 Å². The van der Waals surface area contributed by atoms with Gasteiger partial charge in [0.1, 0.15) is 9.84 Å². The number of aliphatic hydroxyl groups is 1. The Kier molecular flexibility index (Phi) is 4.76. The van der Waals surface area contributed by atoms with Crippen LogP contribution in [-0.2, 0) is 9.84 Å². The van der Waals surface area contributed by atoms with Gasteiger partial charge in [0.15, 0.2) is 0 Å². The minimum atomic E-state index is -2.82. The molecule has 0 bridgehead atoms. The fourth-order valence-corrected chi connectivity index (χ4v) is 2.77. The molecule has 0 aliphatic carbocycles. The number of rotatable bonds is 5. The summed E-state index contributed by atoms with van der Waals surface area (Å²) in [6.07, 6.45) is 2.28. The minimum Gasteiger partial charge on any atom is -0.390 e. The Labute approximate surface area is 98.6 Å². The largest absolute Gasteiger partial charge is 0.390 e. The lowest BCUT2D eigenvalue weighted by Crippen LogP contribution is -2.42. The summed E-state index contributed by atoms with van der Waals surface area (Å²) in [4.78, 5) is 2.24. The van der Waals surface area contributed by atoms with Crippen molar-refractivity contribution in [3.05, 3.63) is 0 Å². The molecule has 1 N–H and O–H groups in total. The second-order valence-electron chi connectivity index (χ2n) is 4.93. The van der Waals surface area contributed by atoms with Crippen LogP contribution in [0.4, 0.5) is 0 Å². The van der Waals surface area contributed by atoms with Gasteiger partial charge in [0, 0.05) is 18.8 Å². The monoisotopic (exact) mass is 249 g/mol. The molecule has 16 heavy (non-hydrogen) atoms. The average molecular weight is 249 g/mol. The number of sulfone groups is 1. The molecule has 0 aromatic heterocycles. The molecule has 1 aliphatic rings. The van der Waals surface area contributed by atoms with E-state index in [0.717, 1.165) is 32.5 Å². The van der Waals surface area contributed by atoms with Crippen LogP contribution in [0.25, 0.3) is 0 Å². The maximum atomic E-state index is 11.3. The van der Waals surface area contributed by atoms with Crippen LogP contribution < -0.4 is 0 Å². The Hall–Kier alpha value is -0.130. The molecule has 1 saturated heterocycles. The number of hydrogen-bond donors (Lipinski definition) is 1. The molecule has 0 atom stereocenters. The summed E-state index contributed by atoms with van der Waals surface area (Å²) in [5.41, 5.74) is -0.522. The second kappa shape index (κ2) is 5.47. The summed E-state index contributed by atoms with van der Waals surface area (Å²) in [5, 5.41) is 9.76. The van der Waals surface area contributed by atoms with Crippen LogP contribution >= 0.6 is 0 Å². The first kappa shape index (κ1) is 13.9. The molecule has 5 heteroatoms. The fourth-order valence-electron chi connectivity index (χ4n) is 1.91. The predicted octanol–water partition coefficient (Wildman–Crippen LogP) is 0.658. The van der Waals surface area contributed by atoms with Gasteiger partial charge >= 0.3 is 0 Å². The topological polar surface area (TPSA) is 57.6 Å². The molecule has 0 aromatic carbocycles. The summed E-state index contributed by atoms with van der Waals surface area (Å²) in [7, 11) is -2.82. The van der Waals surface area contributed by atoms with E-state index in [1.54, 1.807) is 6.92 Å².